The van der Waals surface area contributed by atoms with Gasteiger partial charge in [-0.15, -0.1) is 0 Å². The molecule has 0 radical (unpaired) electrons. The van der Waals surface area contributed by atoms with E-state index in [-0.39, 0.29) is 0 Å². The van der Waals surface area contributed by atoms with Gasteiger partial charge in [0.25, 0.3) is 0 Å². The SMILES string of the molecule is CCNC(=S)NN=Cc1ccc(Sc2ccccc2)cc1. The van der Waals surface area contributed by atoms with Crippen LogP contribution in [0.4, 0.5) is 0 Å². The molecule has 108 valence electrons. The van der Waals surface area contributed by atoms with Gasteiger partial charge in [0.2, 0.25) is 0 Å². The summed E-state index contributed by atoms with van der Waals surface area (Å²) in [6.07, 6.45) is 1.75. The van der Waals surface area contributed by atoms with Crippen LogP contribution in [-0.2, 0) is 0 Å². The van der Waals surface area contributed by atoms with Crippen LogP contribution in [0.2, 0.25) is 0 Å². The Labute approximate surface area is 134 Å². The van der Waals surface area contributed by atoms with E-state index in [1.807, 2.05) is 37.3 Å². The molecule has 0 saturated heterocycles. The van der Waals surface area contributed by atoms with Crippen LogP contribution < -0.4 is 10.7 Å². The first-order valence-electron chi connectivity index (χ1n) is 6.68. The van der Waals surface area contributed by atoms with Crippen molar-refractivity contribution in [3.05, 3.63) is 60.2 Å². The van der Waals surface area contributed by atoms with Crippen LogP contribution in [0.15, 0.2) is 69.5 Å². The second kappa shape index (κ2) is 8.44. The monoisotopic (exact) mass is 315 g/mol. The molecule has 0 aliphatic heterocycles. The van der Waals surface area contributed by atoms with Gasteiger partial charge < -0.3 is 5.32 Å². The fraction of sp³-hybridized carbons (Fsp3) is 0.125. The van der Waals surface area contributed by atoms with E-state index in [0.29, 0.717) is 5.11 Å². The number of rotatable bonds is 5. The molecule has 0 unspecified atom stereocenters. The van der Waals surface area contributed by atoms with Crippen LogP contribution in [0.25, 0.3) is 0 Å². The van der Waals surface area contributed by atoms with Gasteiger partial charge in [-0.2, -0.15) is 5.10 Å². The summed E-state index contributed by atoms with van der Waals surface area (Å²) in [6, 6.07) is 18.6. The summed E-state index contributed by atoms with van der Waals surface area (Å²) in [4.78, 5) is 2.44. The smallest absolute Gasteiger partial charge is 0.186 e. The second-order valence-corrected chi connectivity index (χ2v) is 5.77. The first-order chi connectivity index (χ1) is 10.3. The zero-order valence-electron chi connectivity index (χ0n) is 11.7. The molecule has 2 aromatic carbocycles. The molecule has 5 heteroatoms. The van der Waals surface area contributed by atoms with Crippen LogP contribution in [0, 0.1) is 0 Å². The number of benzene rings is 2. The molecular formula is C16H17N3S2. The minimum atomic E-state index is 0.532. The van der Waals surface area contributed by atoms with Crippen molar-refractivity contribution in [2.45, 2.75) is 16.7 Å². The molecule has 0 atom stereocenters. The lowest BCUT2D eigenvalue weighted by Gasteiger charge is -2.03. The fourth-order valence-corrected chi connectivity index (χ4v) is 2.65. The third-order valence-electron chi connectivity index (χ3n) is 2.58. The Morgan fingerprint density at radius 3 is 2.43 bits per heavy atom. The maximum absolute atomic E-state index is 5.02. The van der Waals surface area contributed by atoms with Crippen molar-refractivity contribution in [2.75, 3.05) is 6.54 Å². The van der Waals surface area contributed by atoms with Crippen LogP contribution in [0.3, 0.4) is 0 Å². The van der Waals surface area contributed by atoms with Gasteiger partial charge in [0.15, 0.2) is 5.11 Å². The van der Waals surface area contributed by atoms with Gasteiger partial charge >= 0.3 is 0 Å². The summed E-state index contributed by atoms with van der Waals surface area (Å²) < 4.78 is 0. The van der Waals surface area contributed by atoms with Crippen molar-refractivity contribution in [3.8, 4) is 0 Å². The first kappa shape index (κ1) is 15.5. The van der Waals surface area contributed by atoms with Gasteiger partial charge in [-0.25, -0.2) is 0 Å². The Morgan fingerprint density at radius 2 is 1.76 bits per heavy atom. The molecule has 3 nitrogen and oxygen atoms in total. The van der Waals surface area contributed by atoms with E-state index < -0.39 is 0 Å². The highest BCUT2D eigenvalue weighted by atomic mass is 32.2. The normalized spacial score (nSPS) is 10.5. The van der Waals surface area contributed by atoms with Gasteiger partial charge in [0.05, 0.1) is 6.21 Å². The van der Waals surface area contributed by atoms with Crippen molar-refractivity contribution in [2.24, 2.45) is 5.10 Å². The van der Waals surface area contributed by atoms with Crippen molar-refractivity contribution < 1.29 is 0 Å². The maximum Gasteiger partial charge on any atom is 0.186 e. The number of thiocarbonyl (C=S) groups is 1. The molecule has 21 heavy (non-hydrogen) atoms. The Bertz CT molecular complexity index is 595. The van der Waals surface area contributed by atoms with E-state index in [4.69, 9.17) is 12.2 Å². The Hall–Kier alpha value is -1.85. The largest absolute Gasteiger partial charge is 0.362 e. The van der Waals surface area contributed by atoms with E-state index in [9.17, 15) is 0 Å². The van der Waals surface area contributed by atoms with E-state index in [0.717, 1.165) is 12.1 Å². The molecule has 2 aromatic rings. The maximum atomic E-state index is 5.02. The minimum Gasteiger partial charge on any atom is -0.362 e. The van der Waals surface area contributed by atoms with Crippen molar-refractivity contribution >= 4 is 35.3 Å². The molecule has 0 saturated carbocycles. The first-order valence-corrected chi connectivity index (χ1v) is 7.90. The van der Waals surface area contributed by atoms with Crippen LogP contribution in [-0.4, -0.2) is 17.9 Å². The van der Waals surface area contributed by atoms with Gasteiger partial charge in [-0.3, -0.25) is 5.43 Å². The molecule has 2 rings (SSSR count). The van der Waals surface area contributed by atoms with Crippen LogP contribution in [0.5, 0.6) is 0 Å². The molecule has 0 aliphatic carbocycles. The van der Waals surface area contributed by atoms with Gasteiger partial charge in [-0.05, 0) is 49.0 Å². The topological polar surface area (TPSA) is 36.4 Å². The number of hydrazone groups is 1. The van der Waals surface area contributed by atoms with Crippen LogP contribution >= 0.6 is 24.0 Å². The molecular weight excluding hydrogens is 298 g/mol. The fourth-order valence-electron chi connectivity index (χ4n) is 1.61. The number of hydrogen-bond donors (Lipinski definition) is 2. The molecule has 0 amide bonds. The zero-order chi connectivity index (χ0) is 14.9. The summed E-state index contributed by atoms with van der Waals surface area (Å²) in [5.74, 6) is 0. The van der Waals surface area contributed by atoms with E-state index in [1.165, 1.54) is 9.79 Å². The van der Waals surface area contributed by atoms with Crippen molar-refractivity contribution in [1.29, 1.82) is 0 Å². The lowest BCUT2D eigenvalue weighted by Crippen LogP contribution is -2.31. The Morgan fingerprint density at radius 1 is 1.10 bits per heavy atom. The van der Waals surface area contributed by atoms with E-state index >= 15 is 0 Å². The van der Waals surface area contributed by atoms with E-state index in [2.05, 4.69) is 40.1 Å². The Balaban J connectivity index is 1.90. The van der Waals surface area contributed by atoms with Crippen molar-refractivity contribution in [1.82, 2.24) is 10.7 Å². The predicted molar refractivity (Wildman–Crippen MR) is 94.0 cm³/mol. The predicted octanol–water partition coefficient (Wildman–Crippen LogP) is 3.66. The van der Waals surface area contributed by atoms with E-state index in [1.54, 1.807) is 18.0 Å². The highest BCUT2D eigenvalue weighted by Crippen LogP contribution is 2.26. The quantitative estimate of drug-likeness (QED) is 0.501. The molecule has 0 heterocycles. The summed E-state index contributed by atoms with van der Waals surface area (Å²) in [5.41, 5.74) is 3.80. The van der Waals surface area contributed by atoms with Crippen LogP contribution in [0.1, 0.15) is 12.5 Å². The minimum absolute atomic E-state index is 0.532. The molecule has 2 N–H and O–H groups in total. The highest BCUT2D eigenvalue weighted by molar-refractivity contribution is 7.99. The third kappa shape index (κ3) is 5.57. The summed E-state index contributed by atoms with van der Waals surface area (Å²) in [6.45, 7) is 2.77. The lowest BCUT2D eigenvalue weighted by molar-refractivity contribution is 0.904. The van der Waals surface area contributed by atoms with Gasteiger partial charge in [-0.1, -0.05) is 42.1 Å². The molecule has 0 aliphatic rings. The molecule has 0 fully saturated rings. The molecule has 0 aromatic heterocycles. The third-order valence-corrected chi connectivity index (χ3v) is 3.83. The Kier molecular flexibility index (Phi) is 6.24. The van der Waals surface area contributed by atoms with Gasteiger partial charge in [0.1, 0.15) is 0 Å². The summed E-state index contributed by atoms with van der Waals surface area (Å²) in [7, 11) is 0. The average Bonchev–Trinajstić information content (AvgIpc) is 2.50. The molecule has 0 bridgehead atoms. The number of hydrogen-bond acceptors (Lipinski definition) is 3. The molecule has 0 spiro atoms. The summed E-state index contributed by atoms with van der Waals surface area (Å²) >= 11 is 6.76. The second-order valence-electron chi connectivity index (χ2n) is 4.21. The highest BCUT2D eigenvalue weighted by Gasteiger charge is 1.96. The van der Waals surface area contributed by atoms with Crippen molar-refractivity contribution in [3.63, 3.8) is 0 Å². The summed E-state index contributed by atoms with van der Waals surface area (Å²) in [5, 5.41) is 7.59. The van der Waals surface area contributed by atoms with Gasteiger partial charge in [0, 0.05) is 16.3 Å². The zero-order valence-corrected chi connectivity index (χ0v) is 13.4. The number of nitrogens with zero attached hydrogens (tertiary/aromatic N) is 1. The average molecular weight is 315 g/mol. The lowest BCUT2D eigenvalue weighted by atomic mass is 10.2. The number of nitrogens with one attached hydrogen (secondary N) is 2. The standard InChI is InChI=1S/C16H17N3S2/c1-2-17-16(20)19-18-12-13-8-10-15(11-9-13)21-14-6-4-3-5-7-14/h3-12H,2H2,1H3,(H2,17,19,20).